The van der Waals surface area contributed by atoms with Gasteiger partial charge in [0.1, 0.15) is 0 Å². The van der Waals surface area contributed by atoms with E-state index in [1.54, 1.807) is 0 Å². The van der Waals surface area contributed by atoms with Gasteiger partial charge in [-0.15, -0.1) is 0 Å². The molecule has 0 aromatic rings. The Morgan fingerprint density at radius 1 is 1.26 bits per heavy atom. The fraction of sp³-hybridized carbons (Fsp3) is 1.00. The van der Waals surface area contributed by atoms with Gasteiger partial charge in [-0.3, -0.25) is 4.90 Å². The summed E-state index contributed by atoms with van der Waals surface area (Å²) in [4.78, 5) is 2.43. The van der Waals surface area contributed by atoms with Crippen LogP contribution in [0.4, 0.5) is 0 Å². The largest absolute Gasteiger partial charge is 0.395 e. The van der Waals surface area contributed by atoms with E-state index in [0.29, 0.717) is 11.5 Å². The highest BCUT2D eigenvalue weighted by molar-refractivity contribution is 4.84. The minimum atomic E-state index is 0.284. The first-order valence-electron chi connectivity index (χ1n) is 8.01. The molecule has 0 aromatic carbocycles. The van der Waals surface area contributed by atoms with E-state index >= 15 is 0 Å². The van der Waals surface area contributed by atoms with E-state index in [-0.39, 0.29) is 6.61 Å². The van der Waals surface area contributed by atoms with Crippen LogP contribution in [0, 0.1) is 11.3 Å². The van der Waals surface area contributed by atoms with E-state index in [1.165, 1.54) is 32.2 Å². The number of aliphatic hydroxyl groups is 1. The maximum Gasteiger partial charge on any atom is 0.0558 e. The SMILES string of the molecule is CCCCC1CC(NCC(C)(C)C)CN(CCO)C1. The molecule has 0 bridgehead atoms. The Morgan fingerprint density at radius 3 is 2.58 bits per heavy atom. The molecule has 0 aliphatic carbocycles. The van der Waals surface area contributed by atoms with Crippen LogP contribution in [0.2, 0.25) is 0 Å². The molecule has 1 aliphatic rings. The van der Waals surface area contributed by atoms with E-state index in [2.05, 4.69) is 37.9 Å². The van der Waals surface area contributed by atoms with E-state index in [4.69, 9.17) is 5.11 Å². The highest BCUT2D eigenvalue weighted by atomic mass is 16.3. The van der Waals surface area contributed by atoms with Gasteiger partial charge in [-0.1, -0.05) is 40.5 Å². The molecule has 1 fully saturated rings. The van der Waals surface area contributed by atoms with Gasteiger partial charge in [0.25, 0.3) is 0 Å². The zero-order valence-corrected chi connectivity index (χ0v) is 13.4. The van der Waals surface area contributed by atoms with E-state index in [0.717, 1.165) is 25.6 Å². The number of aliphatic hydroxyl groups excluding tert-OH is 1. The van der Waals surface area contributed by atoms with Crippen molar-refractivity contribution in [3.05, 3.63) is 0 Å². The van der Waals surface area contributed by atoms with Crippen LogP contribution < -0.4 is 5.32 Å². The minimum Gasteiger partial charge on any atom is -0.395 e. The van der Waals surface area contributed by atoms with E-state index in [1.807, 2.05) is 0 Å². The first-order chi connectivity index (χ1) is 8.94. The number of β-amino-alcohol motifs (C(OH)–C–C–N with tert-alkyl or cyclic N) is 1. The zero-order valence-electron chi connectivity index (χ0n) is 13.4. The monoisotopic (exact) mass is 270 g/mol. The Balaban J connectivity index is 2.44. The average Bonchev–Trinajstić information content (AvgIpc) is 2.33. The molecule has 19 heavy (non-hydrogen) atoms. The number of likely N-dealkylation sites (tertiary alicyclic amines) is 1. The molecule has 2 N–H and O–H groups in total. The van der Waals surface area contributed by atoms with Crippen LogP contribution >= 0.6 is 0 Å². The summed E-state index contributed by atoms with van der Waals surface area (Å²) in [7, 11) is 0. The number of nitrogens with one attached hydrogen (secondary N) is 1. The highest BCUT2D eigenvalue weighted by Gasteiger charge is 2.27. The molecule has 114 valence electrons. The number of rotatable bonds is 7. The van der Waals surface area contributed by atoms with Gasteiger partial charge in [-0.2, -0.15) is 0 Å². The normalized spacial score (nSPS) is 25.7. The van der Waals surface area contributed by atoms with Crippen LogP contribution in [0.3, 0.4) is 0 Å². The minimum absolute atomic E-state index is 0.284. The summed E-state index contributed by atoms with van der Waals surface area (Å²) in [5, 5.41) is 12.9. The number of piperidine rings is 1. The van der Waals surface area contributed by atoms with Crippen LogP contribution in [-0.4, -0.2) is 48.8 Å². The molecule has 3 nitrogen and oxygen atoms in total. The Hall–Kier alpha value is -0.120. The second kappa shape index (κ2) is 8.23. The van der Waals surface area contributed by atoms with Crippen molar-refractivity contribution in [3.8, 4) is 0 Å². The van der Waals surface area contributed by atoms with Crippen molar-refractivity contribution >= 4 is 0 Å². The zero-order chi connectivity index (χ0) is 14.3. The number of unbranched alkanes of at least 4 members (excludes halogenated alkanes) is 1. The fourth-order valence-corrected chi connectivity index (χ4v) is 2.93. The Bertz CT molecular complexity index is 237. The van der Waals surface area contributed by atoms with Crippen molar-refractivity contribution in [1.82, 2.24) is 10.2 Å². The topological polar surface area (TPSA) is 35.5 Å². The lowest BCUT2D eigenvalue weighted by atomic mass is 9.89. The summed E-state index contributed by atoms with van der Waals surface area (Å²) < 4.78 is 0. The summed E-state index contributed by atoms with van der Waals surface area (Å²) in [6.07, 6.45) is 5.27. The predicted molar refractivity (Wildman–Crippen MR) is 82.4 cm³/mol. The lowest BCUT2D eigenvalue weighted by Crippen LogP contribution is -2.51. The van der Waals surface area contributed by atoms with Gasteiger partial charge in [0.05, 0.1) is 6.61 Å². The van der Waals surface area contributed by atoms with Gasteiger partial charge in [-0.25, -0.2) is 0 Å². The van der Waals surface area contributed by atoms with E-state index < -0.39 is 0 Å². The molecule has 0 spiro atoms. The molecule has 0 aromatic heterocycles. The van der Waals surface area contributed by atoms with Crippen molar-refractivity contribution < 1.29 is 5.11 Å². The van der Waals surface area contributed by atoms with Gasteiger partial charge in [0.2, 0.25) is 0 Å². The highest BCUT2D eigenvalue weighted by Crippen LogP contribution is 2.22. The second-order valence-corrected chi connectivity index (χ2v) is 7.37. The van der Waals surface area contributed by atoms with Crippen LogP contribution in [0.5, 0.6) is 0 Å². The average molecular weight is 270 g/mol. The Kier molecular flexibility index (Phi) is 7.33. The van der Waals surface area contributed by atoms with Crippen molar-refractivity contribution in [3.63, 3.8) is 0 Å². The molecular weight excluding hydrogens is 236 g/mol. The van der Waals surface area contributed by atoms with Crippen molar-refractivity contribution in [1.29, 1.82) is 0 Å². The quantitative estimate of drug-likeness (QED) is 0.746. The van der Waals surface area contributed by atoms with Crippen molar-refractivity contribution in [2.45, 2.75) is 59.4 Å². The molecule has 2 unspecified atom stereocenters. The second-order valence-electron chi connectivity index (χ2n) is 7.37. The van der Waals surface area contributed by atoms with Crippen LogP contribution in [0.1, 0.15) is 53.4 Å². The molecule has 0 radical (unpaired) electrons. The van der Waals surface area contributed by atoms with Gasteiger partial charge in [-0.05, 0) is 24.2 Å². The molecule has 1 heterocycles. The molecule has 1 saturated heterocycles. The number of hydrogen-bond donors (Lipinski definition) is 2. The number of hydrogen-bond acceptors (Lipinski definition) is 3. The Morgan fingerprint density at radius 2 is 2.00 bits per heavy atom. The van der Waals surface area contributed by atoms with E-state index in [9.17, 15) is 0 Å². The number of nitrogens with zero attached hydrogens (tertiary/aromatic N) is 1. The maximum atomic E-state index is 9.16. The third-order valence-corrected chi connectivity index (χ3v) is 3.92. The van der Waals surface area contributed by atoms with Crippen LogP contribution in [0.25, 0.3) is 0 Å². The lowest BCUT2D eigenvalue weighted by Gasteiger charge is -2.39. The molecule has 1 aliphatic heterocycles. The van der Waals surface area contributed by atoms with Gasteiger partial charge in [0.15, 0.2) is 0 Å². The summed E-state index contributed by atoms with van der Waals surface area (Å²) >= 11 is 0. The molecule has 3 heteroatoms. The predicted octanol–water partition coefficient (Wildman–Crippen LogP) is 2.50. The summed E-state index contributed by atoms with van der Waals surface area (Å²) in [6, 6.07) is 0.599. The van der Waals surface area contributed by atoms with Crippen molar-refractivity contribution in [2.75, 3.05) is 32.8 Å². The van der Waals surface area contributed by atoms with Gasteiger partial charge < -0.3 is 10.4 Å². The molecule has 2 atom stereocenters. The van der Waals surface area contributed by atoms with Crippen LogP contribution in [0.15, 0.2) is 0 Å². The summed E-state index contributed by atoms with van der Waals surface area (Å²) in [5.41, 5.74) is 0.345. The van der Waals surface area contributed by atoms with Gasteiger partial charge >= 0.3 is 0 Å². The molecule has 1 rings (SSSR count). The van der Waals surface area contributed by atoms with Crippen molar-refractivity contribution in [2.24, 2.45) is 11.3 Å². The summed E-state index contributed by atoms with van der Waals surface area (Å²) in [6.45, 7) is 13.6. The lowest BCUT2D eigenvalue weighted by molar-refractivity contribution is 0.107. The first kappa shape index (κ1) is 16.9. The molecule has 0 amide bonds. The van der Waals surface area contributed by atoms with Crippen LogP contribution in [-0.2, 0) is 0 Å². The standard InChI is InChI=1S/C16H34N2O/c1-5-6-7-14-10-15(17-13-16(2,3)4)12-18(11-14)8-9-19/h14-15,17,19H,5-13H2,1-4H3. The first-order valence-corrected chi connectivity index (χ1v) is 8.01. The van der Waals surface area contributed by atoms with Gasteiger partial charge in [0, 0.05) is 32.2 Å². The molecule has 0 saturated carbocycles. The third-order valence-electron chi connectivity index (χ3n) is 3.92. The summed E-state index contributed by atoms with van der Waals surface area (Å²) in [5.74, 6) is 0.803. The molecular formula is C16H34N2O. The third kappa shape index (κ3) is 7.28. The Labute approximate surface area is 119 Å². The maximum absolute atomic E-state index is 9.16. The smallest absolute Gasteiger partial charge is 0.0558 e. The fourth-order valence-electron chi connectivity index (χ4n) is 2.93.